The molecule has 4 aromatic heterocycles. The van der Waals surface area contributed by atoms with E-state index in [4.69, 9.17) is 0 Å². The minimum absolute atomic E-state index is 0.293. The summed E-state index contributed by atoms with van der Waals surface area (Å²) in [5, 5.41) is 7.18. The molecule has 166 valence electrons. The molecule has 1 aliphatic heterocycles. The highest BCUT2D eigenvalue weighted by molar-refractivity contribution is 5.60. The lowest BCUT2D eigenvalue weighted by Crippen LogP contribution is -2.39. The highest BCUT2D eigenvalue weighted by Crippen LogP contribution is 2.33. The second-order valence-electron chi connectivity index (χ2n) is 8.25. The largest absolute Gasteiger partial charge is 0.434 e. The number of hydrogen-bond acceptors (Lipinski definition) is 6. The van der Waals surface area contributed by atoms with E-state index >= 15 is 0 Å². The van der Waals surface area contributed by atoms with Gasteiger partial charge in [0.2, 0.25) is 5.95 Å². The van der Waals surface area contributed by atoms with E-state index in [9.17, 15) is 13.2 Å². The number of imidazole rings is 1. The summed E-state index contributed by atoms with van der Waals surface area (Å²) in [4.78, 5) is 18.9. The lowest BCUT2D eigenvalue weighted by molar-refractivity contribution is -0.141. The molecule has 1 aliphatic rings. The van der Waals surface area contributed by atoms with E-state index in [2.05, 4.69) is 42.0 Å². The molecule has 2 atom stereocenters. The van der Waals surface area contributed by atoms with Crippen molar-refractivity contribution in [1.82, 2.24) is 34.5 Å². The van der Waals surface area contributed by atoms with Crippen LogP contribution in [0.1, 0.15) is 36.2 Å². The first kappa shape index (κ1) is 20.4. The van der Waals surface area contributed by atoms with Crippen LogP contribution in [-0.2, 0) is 6.18 Å². The van der Waals surface area contributed by atoms with Crippen LogP contribution >= 0.6 is 0 Å². The first-order valence-electron chi connectivity index (χ1n) is 10.3. The Bertz CT molecular complexity index is 1260. The average molecular weight is 442 g/mol. The molecule has 5 rings (SSSR count). The van der Waals surface area contributed by atoms with Crippen LogP contribution < -0.4 is 4.90 Å². The number of halogens is 3. The van der Waals surface area contributed by atoms with Gasteiger partial charge in [-0.3, -0.25) is 9.50 Å². The summed E-state index contributed by atoms with van der Waals surface area (Å²) in [7, 11) is 0. The van der Waals surface area contributed by atoms with Gasteiger partial charge in [0.1, 0.15) is 0 Å². The molecule has 0 radical (unpaired) electrons. The molecule has 0 saturated carbocycles. The van der Waals surface area contributed by atoms with Gasteiger partial charge in [-0.15, -0.1) is 0 Å². The van der Waals surface area contributed by atoms with E-state index in [1.807, 2.05) is 13.1 Å². The van der Waals surface area contributed by atoms with Crippen LogP contribution in [0, 0.1) is 12.8 Å². The van der Waals surface area contributed by atoms with Crippen LogP contribution in [0.3, 0.4) is 0 Å². The first-order chi connectivity index (χ1) is 15.3. The number of aromatic nitrogens is 7. The standard InChI is InChI=1S/C21H21F3N8/c1-12-5-14(15-6-28-30-13(15)2)10-31(9-12)20-25-4-3-16(29-20)17-7-27-19-8-26-18(11-32(17)19)21(22,23)24/h3-4,6-8,11-12,14H,5,9-10H2,1-2H3,(H,28,30)/t12-,14-/m0/s1. The molecule has 8 nitrogen and oxygen atoms in total. The Hall–Kier alpha value is -3.50. The minimum Gasteiger partial charge on any atom is -0.340 e. The van der Waals surface area contributed by atoms with Crippen molar-refractivity contribution < 1.29 is 13.2 Å². The molecule has 0 aromatic carbocycles. The Morgan fingerprint density at radius 2 is 1.97 bits per heavy atom. The third-order valence-corrected chi connectivity index (χ3v) is 5.84. The van der Waals surface area contributed by atoms with Crippen LogP contribution in [-0.4, -0.2) is 47.6 Å². The van der Waals surface area contributed by atoms with Gasteiger partial charge in [-0.2, -0.15) is 18.3 Å². The number of aryl methyl sites for hydroxylation is 1. The predicted molar refractivity (Wildman–Crippen MR) is 111 cm³/mol. The first-order valence-corrected chi connectivity index (χ1v) is 10.3. The average Bonchev–Trinajstić information content (AvgIpc) is 3.38. The lowest BCUT2D eigenvalue weighted by atomic mass is 9.86. The normalized spacial score (nSPS) is 19.6. The highest BCUT2D eigenvalue weighted by atomic mass is 19.4. The monoisotopic (exact) mass is 442 g/mol. The summed E-state index contributed by atoms with van der Waals surface area (Å²) in [6.07, 6.45) is 3.62. The number of fused-ring (bicyclic) bond motifs is 1. The molecule has 1 saturated heterocycles. The van der Waals surface area contributed by atoms with Crippen molar-refractivity contribution >= 4 is 11.6 Å². The van der Waals surface area contributed by atoms with Crippen molar-refractivity contribution in [2.75, 3.05) is 18.0 Å². The number of hydrogen-bond donors (Lipinski definition) is 1. The van der Waals surface area contributed by atoms with Gasteiger partial charge in [-0.05, 0) is 30.9 Å². The van der Waals surface area contributed by atoms with Crippen LogP contribution in [0.2, 0.25) is 0 Å². The van der Waals surface area contributed by atoms with Crippen molar-refractivity contribution in [2.45, 2.75) is 32.4 Å². The summed E-state index contributed by atoms with van der Waals surface area (Å²) < 4.78 is 40.8. The molecule has 4 aromatic rings. The second-order valence-corrected chi connectivity index (χ2v) is 8.25. The van der Waals surface area contributed by atoms with Gasteiger partial charge in [-0.25, -0.2) is 19.9 Å². The number of rotatable bonds is 3. The third-order valence-electron chi connectivity index (χ3n) is 5.84. The molecule has 0 spiro atoms. The van der Waals surface area contributed by atoms with Crippen molar-refractivity contribution in [1.29, 1.82) is 0 Å². The molecule has 11 heteroatoms. The van der Waals surface area contributed by atoms with Crippen molar-refractivity contribution in [3.63, 3.8) is 0 Å². The van der Waals surface area contributed by atoms with Crippen molar-refractivity contribution in [3.8, 4) is 11.4 Å². The molecule has 1 N–H and O–H groups in total. The van der Waals surface area contributed by atoms with Crippen LogP contribution in [0.15, 0.2) is 37.1 Å². The fraction of sp³-hybridized carbons (Fsp3) is 0.381. The molecular weight excluding hydrogens is 421 g/mol. The van der Waals surface area contributed by atoms with Crippen LogP contribution in [0.4, 0.5) is 19.1 Å². The number of H-pyrrole nitrogens is 1. The number of aromatic amines is 1. The summed E-state index contributed by atoms with van der Waals surface area (Å²) in [6.45, 7) is 5.71. The van der Waals surface area contributed by atoms with Crippen molar-refractivity contribution in [3.05, 3.63) is 54.0 Å². The summed E-state index contributed by atoms with van der Waals surface area (Å²) in [5.74, 6) is 1.26. The fourth-order valence-corrected chi connectivity index (χ4v) is 4.39. The zero-order valence-corrected chi connectivity index (χ0v) is 17.5. The molecule has 0 amide bonds. The maximum Gasteiger partial charge on any atom is 0.434 e. The van der Waals surface area contributed by atoms with Crippen molar-refractivity contribution in [2.24, 2.45) is 5.92 Å². The SMILES string of the molecule is Cc1n[nH]cc1[C@H]1C[C@H](C)CN(c2nccc(-c3cnc4cnc(C(F)(F)F)cn34)n2)C1. The van der Waals surface area contributed by atoms with Gasteiger partial charge in [0.25, 0.3) is 0 Å². The maximum atomic E-state index is 13.1. The van der Waals surface area contributed by atoms with E-state index in [1.165, 1.54) is 16.2 Å². The topological polar surface area (TPSA) is 87.9 Å². The zero-order valence-electron chi connectivity index (χ0n) is 17.5. The predicted octanol–water partition coefficient (Wildman–Crippen LogP) is 3.87. The lowest BCUT2D eigenvalue weighted by Gasteiger charge is -2.36. The number of alkyl halides is 3. The van der Waals surface area contributed by atoms with Crippen LogP contribution in [0.25, 0.3) is 17.0 Å². The molecule has 32 heavy (non-hydrogen) atoms. The van der Waals surface area contributed by atoms with Crippen LogP contribution in [0.5, 0.6) is 0 Å². The summed E-state index contributed by atoms with van der Waals surface area (Å²) in [5.41, 5.74) is 2.45. The molecule has 0 bridgehead atoms. The van der Waals surface area contributed by atoms with E-state index in [-0.39, 0.29) is 0 Å². The smallest absolute Gasteiger partial charge is 0.340 e. The molecule has 5 heterocycles. The Balaban J connectivity index is 1.49. The van der Waals surface area contributed by atoms with E-state index in [0.717, 1.165) is 37.6 Å². The van der Waals surface area contributed by atoms with E-state index < -0.39 is 11.9 Å². The quantitative estimate of drug-likeness (QED) is 0.518. The van der Waals surface area contributed by atoms with Gasteiger partial charge in [0, 0.05) is 37.6 Å². The Kier molecular flexibility index (Phi) is 4.83. The second kappa shape index (κ2) is 7.57. The summed E-state index contributed by atoms with van der Waals surface area (Å²) in [6, 6.07) is 1.67. The molecule has 1 fully saturated rings. The number of anilines is 1. The Labute approximate surface area is 181 Å². The summed E-state index contributed by atoms with van der Waals surface area (Å²) >= 11 is 0. The van der Waals surface area contributed by atoms with Gasteiger partial charge in [-0.1, -0.05) is 6.92 Å². The molecule has 0 aliphatic carbocycles. The van der Waals surface area contributed by atoms with E-state index in [0.29, 0.717) is 34.8 Å². The van der Waals surface area contributed by atoms with Gasteiger partial charge < -0.3 is 4.90 Å². The molecular formula is C21H21F3N8. The van der Waals surface area contributed by atoms with Gasteiger partial charge in [0.05, 0.1) is 29.5 Å². The molecule has 0 unspecified atom stereocenters. The fourth-order valence-electron chi connectivity index (χ4n) is 4.39. The number of nitrogens with zero attached hydrogens (tertiary/aromatic N) is 7. The van der Waals surface area contributed by atoms with Gasteiger partial charge >= 0.3 is 6.18 Å². The number of piperidine rings is 1. The van der Waals surface area contributed by atoms with E-state index in [1.54, 1.807) is 12.3 Å². The highest BCUT2D eigenvalue weighted by Gasteiger charge is 2.33. The zero-order chi connectivity index (χ0) is 22.5. The number of nitrogens with one attached hydrogen (secondary N) is 1. The Morgan fingerprint density at radius 3 is 2.72 bits per heavy atom. The Morgan fingerprint density at radius 1 is 1.12 bits per heavy atom. The van der Waals surface area contributed by atoms with Gasteiger partial charge in [0.15, 0.2) is 11.3 Å². The maximum absolute atomic E-state index is 13.1. The minimum atomic E-state index is -4.54. The third kappa shape index (κ3) is 3.67.